The molecular formula is C22H22BN. The van der Waals surface area contributed by atoms with Gasteiger partial charge in [0.25, 0.3) is 0 Å². The van der Waals surface area contributed by atoms with Crippen LogP contribution in [0.15, 0.2) is 66.9 Å². The highest BCUT2D eigenvalue weighted by Gasteiger charge is 2.21. The third-order valence-electron chi connectivity index (χ3n) is 5.26. The van der Waals surface area contributed by atoms with Crippen molar-refractivity contribution in [3.8, 4) is 11.3 Å². The molecule has 0 bridgehead atoms. The van der Waals surface area contributed by atoms with Crippen LogP contribution < -0.4 is 10.9 Å². The first-order valence-corrected chi connectivity index (χ1v) is 8.95. The fourth-order valence-corrected chi connectivity index (χ4v) is 3.91. The highest BCUT2D eigenvalue weighted by molar-refractivity contribution is 6.85. The summed E-state index contributed by atoms with van der Waals surface area (Å²) in [6.07, 6.45) is 6.93. The molecule has 0 saturated carbocycles. The molecule has 0 amide bonds. The average Bonchev–Trinajstić information content (AvgIpc) is 2.68. The summed E-state index contributed by atoms with van der Waals surface area (Å²) in [6.45, 7) is 2.66. The summed E-state index contributed by atoms with van der Waals surface area (Å²) in [6, 6.07) is 21.8. The molecule has 24 heavy (non-hydrogen) atoms. The second kappa shape index (κ2) is 6.64. The number of hydrogen-bond donors (Lipinski definition) is 0. The van der Waals surface area contributed by atoms with Crippen LogP contribution in [0.4, 0.5) is 0 Å². The minimum atomic E-state index is 0.364. The Hall–Kier alpha value is -2.35. The number of fused-ring (bicyclic) bond motifs is 1. The molecule has 0 radical (unpaired) electrons. The zero-order chi connectivity index (χ0) is 16.4. The second-order valence-corrected chi connectivity index (χ2v) is 6.72. The summed E-state index contributed by atoms with van der Waals surface area (Å²) in [5.41, 5.74) is 8.19. The van der Waals surface area contributed by atoms with Crippen LogP contribution in [-0.2, 0) is 12.8 Å². The van der Waals surface area contributed by atoms with Crippen LogP contribution in [0.3, 0.4) is 0 Å². The molecule has 1 aromatic heterocycles. The molecule has 0 saturated heterocycles. The number of aryl methyl sites for hydroxylation is 1. The van der Waals surface area contributed by atoms with Crippen LogP contribution in [0.5, 0.6) is 0 Å². The van der Waals surface area contributed by atoms with Gasteiger partial charge in [0.2, 0.25) is 6.71 Å². The Morgan fingerprint density at radius 1 is 0.833 bits per heavy atom. The molecule has 0 aliphatic heterocycles. The van der Waals surface area contributed by atoms with E-state index in [0.29, 0.717) is 6.71 Å². The number of hydrogen-bond acceptors (Lipinski definition) is 1. The maximum atomic E-state index is 4.80. The minimum Gasteiger partial charge on any atom is -0.256 e. The van der Waals surface area contributed by atoms with Gasteiger partial charge in [0.15, 0.2) is 0 Å². The van der Waals surface area contributed by atoms with Crippen LogP contribution in [-0.4, -0.2) is 11.7 Å². The summed E-state index contributed by atoms with van der Waals surface area (Å²) in [5.74, 6) is 0. The third-order valence-corrected chi connectivity index (χ3v) is 5.26. The van der Waals surface area contributed by atoms with Crippen molar-refractivity contribution in [3.05, 3.63) is 78.0 Å². The second-order valence-electron chi connectivity index (χ2n) is 6.72. The van der Waals surface area contributed by atoms with Crippen LogP contribution in [0.25, 0.3) is 11.3 Å². The maximum Gasteiger partial charge on any atom is 0.207 e. The van der Waals surface area contributed by atoms with Gasteiger partial charge in [0, 0.05) is 6.20 Å². The van der Waals surface area contributed by atoms with Gasteiger partial charge >= 0.3 is 0 Å². The number of nitrogens with zero attached hydrogens (tertiary/aromatic N) is 1. The van der Waals surface area contributed by atoms with Gasteiger partial charge in [-0.05, 0) is 48.4 Å². The predicted octanol–water partition coefficient (Wildman–Crippen LogP) is 3.87. The van der Waals surface area contributed by atoms with Gasteiger partial charge in [-0.25, -0.2) is 0 Å². The van der Waals surface area contributed by atoms with Crippen molar-refractivity contribution in [3.63, 3.8) is 0 Å². The Kier molecular flexibility index (Phi) is 4.21. The molecule has 0 fully saturated rings. The summed E-state index contributed by atoms with van der Waals surface area (Å²) >= 11 is 0. The molecule has 118 valence electrons. The Balaban J connectivity index is 1.84. The first-order valence-electron chi connectivity index (χ1n) is 8.95. The molecule has 0 atom stereocenters. The Bertz CT molecular complexity index is 842. The average molecular weight is 311 g/mol. The highest BCUT2D eigenvalue weighted by atomic mass is 14.7. The normalized spacial score (nSPS) is 13.4. The minimum absolute atomic E-state index is 0.364. The van der Waals surface area contributed by atoms with Gasteiger partial charge < -0.3 is 0 Å². The molecule has 2 aromatic carbocycles. The monoisotopic (exact) mass is 311 g/mol. The number of aromatic nitrogens is 1. The van der Waals surface area contributed by atoms with E-state index >= 15 is 0 Å². The van der Waals surface area contributed by atoms with Gasteiger partial charge in [-0.1, -0.05) is 72.3 Å². The van der Waals surface area contributed by atoms with E-state index in [0.717, 1.165) is 6.42 Å². The molecule has 0 N–H and O–H groups in total. The van der Waals surface area contributed by atoms with Crippen molar-refractivity contribution in [1.29, 1.82) is 0 Å². The smallest absolute Gasteiger partial charge is 0.207 e. The largest absolute Gasteiger partial charge is 0.256 e. The molecule has 2 heteroatoms. The van der Waals surface area contributed by atoms with E-state index in [2.05, 4.69) is 67.5 Å². The van der Waals surface area contributed by atoms with E-state index in [9.17, 15) is 0 Å². The number of benzene rings is 2. The van der Waals surface area contributed by atoms with Crippen LogP contribution in [0, 0.1) is 0 Å². The lowest BCUT2D eigenvalue weighted by atomic mass is 9.41. The zero-order valence-electron chi connectivity index (χ0n) is 14.2. The van der Waals surface area contributed by atoms with Gasteiger partial charge in [0.1, 0.15) is 0 Å². The van der Waals surface area contributed by atoms with Gasteiger partial charge in [-0.15, -0.1) is 0 Å². The lowest BCUT2D eigenvalue weighted by molar-refractivity contribution is 0.684. The molecule has 0 unspecified atom stereocenters. The van der Waals surface area contributed by atoms with Crippen molar-refractivity contribution >= 4 is 17.6 Å². The fraction of sp³-hybridized carbons (Fsp3) is 0.227. The first kappa shape index (κ1) is 15.2. The molecule has 0 spiro atoms. The first-order chi connectivity index (χ1) is 11.8. The lowest BCUT2D eigenvalue weighted by Crippen LogP contribution is -2.40. The van der Waals surface area contributed by atoms with Crippen molar-refractivity contribution in [2.45, 2.75) is 32.5 Å². The van der Waals surface area contributed by atoms with Crippen LogP contribution in [0.1, 0.15) is 24.0 Å². The van der Waals surface area contributed by atoms with Crippen molar-refractivity contribution < 1.29 is 0 Å². The summed E-state index contributed by atoms with van der Waals surface area (Å²) in [5, 5.41) is 0. The summed E-state index contributed by atoms with van der Waals surface area (Å²) < 4.78 is 0. The zero-order valence-corrected chi connectivity index (χ0v) is 14.2. The van der Waals surface area contributed by atoms with Crippen molar-refractivity contribution in [1.82, 2.24) is 4.98 Å². The molecule has 1 nitrogen and oxygen atoms in total. The van der Waals surface area contributed by atoms with Crippen molar-refractivity contribution in [2.24, 2.45) is 0 Å². The third kappa shape index (κ3) is 2.77. The molecular weight excluding hydrogens is 289 g/mol. The van der Waals surface area contributed by atoms with E-state index < -0.39 is 0 Å². The molecule has 1 aliphatic carbocycles. The Morgan fingerprint density at radius 2 is 1.58 bits per heavy atom. The van der Waals surface area contributed by atoms with Gasteiger partial charge in [-0.2, -0.15) is 0 Å². The lowest BCUT2D eigenvalue weighted by Gasteiger charge is -2.21. The Labute approximate surface area is 144 Å². The predicted molar refractivity (Wildman–Crippen MR) is 104 cm³/mol. The summed E-state index contributed by atoms with van der Waals surface area (Å²) in [4.78, 5) is 4.80. The SMILES string of the molecule is CB(c1ccccc1)c1ccccc1-c1nccc2c1CCCC2. The molecule has 4 rings (SSSR count). The van der Waals surface area contributed by atoms with E-state index in [1.807, 2.05) is 6.20 Å². The Morgan fingerprint density at radius 3 is 2.46 bits per heavy atom. The van der Waals surface area contributed by atoms with E-state index in [4.69, 9.17) is 4.98 Å². The highest BCUT2D eigenvalue weighted by Crippen LogP contribution is 2.29. The van der Waals surface area contributed by atoms with E-state index in [-0.39, 0.29) is 0 Å². The maximum absolute atomic E-state index is 4.80. The fourth-order valence-electron chi connectivity index (χ4n) is 3.91. The van der Waals surface area contributed by atoms with Crippen LogP contribution in [0.2, 0.25) is 6.82 Å². The molecule has 1 heterocycles. The van der Waals surface area contributed by atoms with Crippen molar-refractivity contribution in [2.75, 3.05) is 0 Å². The summed E-state index contributed by atoms with van der Waals surface area (Å²) in [7, 11) is 0. The van der Waals surface area contributed by atoms with E-state index in [1.165, 1.54) is 52.6 Å². The quantitative estimate of drug-likeness (QED) is 0.669. The topological polar surface area (TPSA) is 12.9 Å². The van der Waals surface area contributed by atoms with Gasteiger partial charge in [0.05, 0.1) is 5.69 Å². The molecule has 1 aliphatic rings. The number of pyridine rings is 1. The van der Waals surface area contributed by atoms with Crippen LogP contribution >= 0.6 is 0 Å². The molecule has 3 aromatic rings. The van der Waals surface area contributed by atoms with Gasteiger partial charge in [-0.3, -0.25) is 4.98 Å². The number of rotatable bonds is 3. The standard InChI is InChI=1S/C22H22BN/c1-23(18-10-3-2-4-11-18)21-14-8-7-13-20(21)22-19-12-6-5-9-17(19)15-16-24-22/h2-4,7-8,10-11,13-16H,5-6,9,12H2,1H3. The van der Waals surface area contributed by atoms with E-state index in [1.54, 1.807) is 0 Å².